The quantitative estimate of drug-likeness (QED) is 0.503. The summed E-state index contributed by atoms with van der Waals surface area (Å²) in [4.78, 5) is 34.1. The third-order valence-corrected chi connectivity index (χ3v) is 4.32. The van der Waals surface area contributed by atoms with Gasteiger partial charge in [-0.15, -0.1) is 0 Å². The molecule has 2 aromatic rings. The number of nitrogen functional groups attached to an aromatic ring is 1. The normalized spacial score (nSPS) is 14.6. The zero-order valence-corrected chi connectivity index (χ0v) is 15.0. The fourth-order valence-corrected chi connectivity index (χ4v) is 2.91. The fraction of sp³-hybridized carbons (Fsp3) is 0.412. The van der Waals surface area contributed by atoms with E-state index in [0.29, 0.717) is 44.0 Å². The standard InChI is InChI=1S/C17H22N6O4/c1-2-26-17(25)11-5-7-23(8-6-11)15-13(18)14(19-10-20-15)21-22-16(24)12-4-3-9-27-12/h3-4,9-11H,2,5-8,18H2,1H3,(H,22,24)(H,19,20,21). The molecule has 1 saturated heterocycles. The van der Waals surface area contributed by atoms with Crippen LogP contribution in [0.15, 0.2) is 29.1 Å². The van der Waals surface area contributed by atoms with E-state index in [1.54, 1.807) is 19.1 Å². The first kappa shape index (κ1) is 18.5. The Kier molecular flexibility index (Phi) is 5.74. The second kappa shape index (κ2) is 8.39. The summed E-state index contributed by atoms with van der Waals surface area (Å²) in [6, 6.07) is 3.16. The first-order chi connectivity index (χ1) is 13.1. The predicted molar refractivity (Wildman–Crippen MR) is 97.8 cm³/mol. The number of nitrogens with one attached hydrogen (secondary N) is 2. The summed E-state index contributed by atoms with van der Waals surface area (Å²) in [5.74, 6) is 0.297. The number of esters is 1. The van der Waals surface area contributed by atoms with Gasteiger partial charge in [0.2, 0.25) is 0 Å². The zero-order chi connectivity index (χ0) is 19.2. The number of furan rings is 1. The van der Waals surface area contributed by atoms with Crippen LogP contribution in [0.25, 0.3) is 0 Å². The van der Waals surface area contributed by atoms with Crippen LogP contribution in [-0.2, 0) is 9.53 Å². The minimum absolute atomic E-state index is 0.102. The molecule has 10 heteroatoms. The molecule has 0 aliphatic carbocycles. The van der Waals surface area contributed by atoms with Gasteiger partial charge >= 0.3 is 11.9 Å². The van der Waals surface area contributed by atoms with E-state index >= 15 is 0 Å². The largest absolute Gasteiger partial charge is 0.466 e. The van der Waals surface area contributed by atoms with E-state index in [4.69, 9.17) is 14.9 Å². The monoisotopic (exact) mass is 374 g/mol. The van der Waals surface area contributed by atoms with Gasteiger partial charge in [0.05, 0.1) is 18.8 Å². The number of rotatable bonds is 6. The van der Waals surface area contributed by atoms with Gasteiger partial charge in [-0.25, -0.2) is 9.97 Å². The molecule has 3 heterocycles. The Hall–Kier alpha value is -3.30. The highest BCUT2D eigenvalue weighted by atomic mass is 16.5. The third-order valence-electron chi connectivity index (χ3n) is 4.32. The van der Waals surface area contributed by atoms with Gasteiger partial charge < -0.3 is 19.8 Å². The number of hydrogen-bond acceptors (Lipinski definition) is 9. The average molecular weight is 374 g/mol. The average Bonchev–Trinajstić information content (AvgIpc) is 3.22. The summed E-state index contributed by atoms with van der Waals surface area (Å²) >= 11 is 0. The van der Waals surface area contributed by atoms with Crippen LogP contribution in [0.3, 0.4) is 0 Å². The molecule has 10 nitrogen and oxygen atoms in total. The summed E-state index contributed by atoms with van der Waals surface area (Å²) in [6.07, 6.45) is 4.11. The van der Waals surface area contributed by atoms with Crippen molar-refractivity contribution in [3.05, 3.63) is 30.5 Å². The van der Waals surface area contributed by atoms with Crippen molar-refractivity contribution in [3.8, 4) is 0 Å². The highest BCUT2D eigenvalue weighted by Gasteiger charge is 2.28. The molecule has 0 aromatic carbocycles. The van der Waals surface area contributed by atoms with Crippen LogP contribution in [0, 0.1) is 5.92 Å². The number of aromatic nitrogens is 2. The molecule has 1 aliphatic heterocycles. The Bertz CT molecular complexity index is 787. The number of anilines is 3. The molecule has 0 saturated carbocycles. The fourth-order valence-electron chi connectivity index (χ4n) is 2.91. The van der Waals surface area contributed by atoms with Gasteiger partial charge in [-0.05, 0) is 31.9 Å². The Morgan fingerprint density at radius 2 is 2.15 bits per heavy atom. The van der Waals surface area contributed by atoms with Crippen LogP contribution in [0.4, 0.5) is 17.3 Å². The molecule has 1 amide bonds. The number of carbonyl (C=O) groups is 2. The minimum atomic E-state index is -0.449. The van der Waals surface area contributed by atoms with Crippen LogP contribution in [0.1, 0.15) is 30.3 Å². The summed E-state index contributed by atoms with van der Waals surface area (Å²) in [5, 5.41) is 0. The maximum absolute atomic E-state index is 11.9. The molecule has 1 aliphatic rings. The predicted octanol–water partition coefficient (Wildman–Crippen LogP) is 1.19. The Morgan fingerprint density at radius 1 is 1.37 bits per heavy atom. The van der Waals surface area contributed by atoms with Crippen LogP contribution < -0.4 is 21.5 Å². The Balaban J connectivity index is 1.62. The molecule has 27 heavy (non-hydrogen) atoms. The number of hydrazine groups is 1. The zero-order valence-electron chi connectivity index (χ0n) is 15.0. The van der Waals surface area contributed by atoms with E-state index in [1.165, 1.54) is 12.6 Å². The van der Waals surface area contributed by atoms with Gasteiger partial charge in [-0.2, -0.15) is 0 Å². The number of ether oxygens (including phenoxy) is 1. The lowest BCUT2D eigenvalue weighted by Gasteiger charge is -2.32. The summed E-state index contributed by atoms with van der Waals surface area (Å²) < 4.78 is 10.1. The minimum Gasteiger partial charge on any atom is -0.466 e. The van der Waals surface area contributed by atoms with Crippen molar-refractivity contribution in [2.75, 3.05) is 35.8 Å². The van der Waals surface area contributed by atoms with Crippen molar-refractivity contribution in [2.45, 2.75) is 19.8 Å². The lowest BCUT2D eigenvalue weighted by molar-refractivity contribution is -0.148. The van der Waals surface area contributed by atoms with Crippen molar-refractivity contribution in [2.24, 2.45) is 5.92 Å². The van der Waals surface area contributed by atoms with Crippen molar-refractivity contribution in [3.63, 3.8) is 0 Å². The number of piperidine rings is 1. The Labute approximate surface area is 156 Å². The molecule has 1 fully saturated rings. The smallest absolute Gasteiger partial charge is 0.309 e. The van der Waals surface area contributed by atoms with Gasteiger partial charge in [0.15, 0.2) is 17.4 Å². The van der Waals surface area contributed by atoms with E-state index in [9.17, 15) is 9.59 Å². The molecular formula is C17H22N6O4. The molecule has 3 rings (SSSR count). The van der Waals surface area contributed by atoms with E-state index < -0.39 is 5.91 Å². The lowest BCUT2D eigenvalue weighted by atomic mass is 9.97. The molecule has 4 N–H and O–H groups in total. The van der Waals surface area contributed by atoms with Gasteiger partial charge in [0.1, 0.15) is 12.0 Å². The summed E-state index contributed by atoms with van der Waals surface area (Å²) in [7, 11) is 0. The number of amides is 1. The molecule has 0 bridgehead atoms. The third kappa shape index (κ3) is 4.27. The Morgan fingerprint density at radius 3 is 2.81 bits per heavy atom. The second-order valence-electron chi connectivity index (χ2n) is 6.03. The second-order valence-corrected chi connectivity index (χ2v) is 6.03. The number of hydrogen-bond donors (Lipinski definition) is 3. The first-order valence-corrected chi connectivity index (χ1v) is 8.72. The first-order valence-electron chi connectivity index (χ1n) is 8.72. The van der Waals surface area contributed by atoms with Gasteiger partial charge in [-0.1, -0.05) is 0 Å². The number of carbonyl (C=O) groups excluding carboxylic acids is 2. The number of nitrogens with zero attached hydrogens (tertiary/aromatic N) is 3. The van der Waals surface area contributed by atoms with Crippen LogP contribution >= 0.6 is 0 Å². The molecule has 0 unspecified atom stereocenters. The maximum Gasteiger partial charge on any atom is 0.309 e. The molecule has 0 spiro atoms. The van der Waals surface area contributed by atoms with Crippen LogP contribution in [0.5, 0.6) is 0 Å². The van der Waals surface area contributed by atoms with Crippen molar-refractivity contribution < 1.29 is 18.7 Å². The highest BCUT2D eigenvalue weighted by Crippen LogP contribution is 2.29. The SMILES string of the molecule is CCOC(=O)C1CCN(c2ncnc(NNC(=O)c3ccco3)c2N)CC1. The van der Waals surface area contributed by atoms with E-state index in [0.717, 1.165) is 0 Å². The molecule has 144 valence electrons. The van der Waals surface area contributed by atoms with Crippen LogP contribution in [0.2, 0.25) is 0 Å². The summed E-state index contributed by atoms with van der Waals surface area (Å²) in [5.41, 5.74) is 11.6. The lowest BCUT2D eigenvalue weighted by Crippen LogP contribution is -2.38. The number of nitrogens with two attached hydrogens (primary N) is 1. The van der Waals surface area contributed by atoms with Gasteiger partial charge in [0.25, 0.3) is 0 Å². The van der Waals surface area contributed by atoms with E-state index in [2.05, 4.69) is 20.8 Å². The van der Waals surface area contributed by atoms with Gasteiger partial charge in [0, 0.05) is 13.1 Å². The highest BCUT2D eigenvalue weighted by molar-refractivity contribution is 5.92. The summed E-state index contributed by atoms with van der Waals surface area (Å²) in [6.45, 7) is 3.44. The molecule has 0 atom stereocenters. The molecule has 2 aromatic heterocycles. The molecule has 0 radical (unpaired) electrons. The van der Waals surface area contributed by atoms with Crippen LogP contribution in [-0.4, -0.2) is 41.5 Å². The molecular weight excluding hydrogens is 352 g/mol. The van der Waals surface area contributed by atoms with E-state index in [1.807, 2.05) is 4.90 Å². The van der Waals surface area contributed by atoms with Crippen molar-refractivity contribution in [1.82, 2.24) is 15.4 Å². The topological polar surface area (TPSA) is 136 Å². The van der Waals surface area contributed by atoms with E-state index in [-0.39, 0.29) is 23.5 Å². The van der Waals surface area contributed by atoms with Gasteiger partial charge in [-0.3, -0.25) is 20.4 Å². The van der Waals surface area contributed by atoms with Crippen molar-refractivity contribution in [1.29, 1.82) is 0 Å². The maximum atomic E-state index is 11.9. The van der Waals surface area contributed by atoms with Crippen molar-refractivity contribution >= 4 is 29.2 Å².